The van der Waals surface area contributed by atoms with Gasteiger partial charge < -0.3 is 0 Å². The molecule has 0 spiro atoms. The number of ketones is 1. The lowest BCUT2D eigenvalue weighted by Crippen LogP contribution is -2.28. The van der Waals surface area contributed by atoms with E-state index in [2.05, 4.69) is 0 Å². The lowest BCUT2D eigenvalue weighted by Gasteiger charge is -2.23. The SMILES string of the molecule is CCCC(C)(C)OOC(=O)c1ccc(C(=O)c2ccc(C(=O)OOC(C)(C)CCC)c(C(=O)OOC(C)(C)CCC)c2)cc1C(=O)OOC(C)(C)CCC. The second-order valence-electron chi connectivity index (χ2n) is 15.7. The minimum atomic E-state index is -1.06. The topological polar surface area (TPSA) is 159 Å². The van der Waals surface area contributed by atoms with E-state index in [4.69, 9.17) is 39.1 Å². The standard InChI is InChI=1S/C41H58O13/c1-13-21-38(5,6)51-47-34(43)29-19-17-27(25-31(29)36(45)49-53-40(9,10)23-15-3)33(42)28-18-20-30(35(44)48-52-39(7,8)22-14-2)32(26-28)37(46)50-54-41(11,12)24-16-4/h17-20,25-26H,13-16,21-24H2,1-12H3. The summed E-state index contributed by atoms with van der Waals surface area (Å²) >= 11 is 0. The van der Waals surface area contributed by atoms with Gasteiger partial charge in [-0.3, -0.25) is 24.3 Å². The molecule has 0 N–H and O–H groups in total. The number of hydrogen-bond acceptors (Lipinski definition) is 13. The predicted molar refractivity (Wildman–Crippen MR) is 198 cm³/mol. The number of rotatable bonds is 22. The molecule has 0 unspecified atom stereocenters. The molecule has 54 heavy (non-hydrogen) atoms. The Kier molecular flexibility index (Phi) is 17.0. The quantitative estimate of drug-likeness (QED) is 0.0635. The monoisotopic (exact) mass is 758 g/mol. The molecule has 0 saturated heterocycles. The van der Waals surface area contributed by atoms with Gasteiger partial charge in [0.05, 0.1) is 22.3 Å². The summed E-state index contributed by atoms with van der Waals surface area (Å²) in [5.41, 5.74) is -4.61. The lowest BCUT2D eigenvalue weighted by atomic mass is 9.95. The average molecular weight is 759 g/mol. The molecule has 0 aliphatic rings. The molecule has 2 rings (SSSR count). The third-order valence-corrected chi connectivity index (χ3v) is 8.22. The van der Waals surface area contributed by atoms with Crippen molar-refractivity contribution in [3.05, 3.63) is 69.8 Å². The first-order valence-electron chi connectivity index (χ1n) is 18.5. The van der Waals surface area contributed by atoms with Crippen LogP contribution in [0.5, 0.6) is 0 Å². The van der Waals surface area contributed by atoms with Crippen LogP contribution in [0.2, 0.25) is 0 Å². The fourth-order valence-electron chi connectivity index (χ4n) is 5.59. The highest BCUT2D eigenvalue weighted by molar-refractivity contribution is 6.13. The highest BCUT2D eigenvalue weighted by Gasteiger charge is 2.31. The van der Waals surface area contributed by atoms with Gasteiger partial charge >= 0.3 is 23.9 Å². The molecular formula is C41H58O13. The molecule has 2 aromatic carbocycles. The molecule has 300 valence electrons. The van der Waals surface area contributed by atoms with Crippen LogP contribution in [-0.2, 0) is 39.1 Å². The van der Waals surface area contributed by atoms with Gasteiger partial charge in [0.1, 0.15) is 22.4 Å². The minimum Gasteiger partial charge on any atom is -0.292 e. The Labute approximate surface area is 319 Å². The summed E-state index contributed by atoms with van der Waals surface area (Å²) in [6.45, 7) is 21.7. The smallest absolute Gasteiger partial charge is 0.292 e. The van der Waals surface area contributed by atoms with Crippen LogP contribution in [-0.4, -0.2) is 52.1 Å². The molecule has 0 aliphatic heterocycles. The van der Waals surface area contributed by atoms with Crippen molar-refractivity contribution in [3.63, 3.8) is 0 Å². The summed E-state index contributed by atoms with van der Waals surface area (Å²) in [6, 6.07) is 7.34. The molecular weight excluding hydrogens is 700 g/mol. The largest absolute Gasteiger partial charge is 0.374 e. The minimum absolute atomic E-state index is 0.0711. The van der Waals surface area contributed by atoms with Crippen LogP contribution in [0, 0.1) is 0 Å². The lowest BCUT2D eigenvalue weighted by molar-refractivity contribution is -0.309. The van der Waals surface area contributed by atoms with Crippen molar-refractivity contribution in [2.45, 2.75) is 157 Å². The van der Waals surface area contributed by atoms with Gasteiger partial charge in [-0.1, -0.05) is 65.5 Å². The fraction of sp³-hybridized carbons (Fsp3) is 0.585. The molecule has 13 heteroatoms. The average Bonchev–Trinajstić information content (AvgIpc) is 3.10. The second-order valence-corrected chi connectivity index (χ2v) is 15.7. The summed E-state index contributed by atoms with van der Waals surface area (Å²) in [6.07, 6.45) is 5.31. The highest BCUT2D eigenvalue weighted by atomic mass is 17.2. The Bertz CT molecular complexity index is 1500. The zero-order valence-electron chi connectivity index (χ0n) is 33.9. The van der Waals surface area contributed by atoms with Gasteiger partial charge in [0.2, 0.25) is 0 Å². The molecule has 0 radical (unpaired) electrons. The van der Waals surface area contributed by atoms with Gasteiger partial charge in [0, 0.05) is 11.1 Å². The molecule has 13 nitrogen and oxygen atoms in total. The Balaban J connectivity index is 2.60. The van der Waals surface area contributed by atoms with Crippen LogP contribution in [0.4, 0.5) is 0 Å². The fourth-order valence-corrected chi connectivity index (χ4v) is 5.59. The van der Waals surface area contributed by atoms with Crippen molar-refractivity contribution in [1.29, 1.82) is 0 Å². The summed E-state index contributed by atoms with van der Waals surface area (Å²) in [5, 5.41) is 0. The zero-order valence-corrected chi connectivity index (χ0v) is 33.9. The normalized spacial score (nSPS) is 12.2. The van der Waals surface area contributed by atoms with E-state index < -0.39 is 52.1 Å². The van der Waals surface area contributed by atoms with Crippen LogP contribution >= 0.6 is 0 Å². The Hall–Kier alpha value is -4.17. The zero-order chi connectivity index (χ0) is 40.9. The van der Waals surface area contributed by atoms with E-state index in [9.17, 15) is 24.0 Å². The maximum Gasteiger partial charge on any atom is 0.374 e. The predicted octanol–water partition coefficient (Wildman–Crippen LogP) is 9.59. The number of carbonyl (C=O) groups excluding carboxylic acids is 5. The van der Waals surface area contributed by atoms with Crippen LogP contribution in [0.15, 0.2) is 36.4 Å². The second kappa shape index (κ2) is 19.9. The van der Waals surface area contributed by atoms with E-state index >= 15 is 0 Å². The van der Waals surface area contributed by atoms with E-state index in [0.29, 0.717) is 25.7 Å². The molecule has 0 aliphatic carbocycles. The first kappa shape index (κ1) is 46.0. The molecule has 0 heterocycles. The summed E-state index contributed by atoms with van der Waals surface area (Å²) in [7, 11) is 0. The molecule has 0 fully saturated rings. The van der Waals surface area contributed by atoms with Crippen LogP contribution < -0.4 is 0 Å². The van der Waals surface area contributed by atoms with Crippen molar-refractivity contribution in [2.75, 3.05) is 0 Å². The first-order chi connectivity index (χ1) is 25.1. The van der Waals surface area contributed by atoms with Gasteiger partial charge in [-0.05, 0) is 105 Å². The molecule has 0 amide bonds. The van der Waals surface area contributed by atoms with Crippen LogP contribution in [0.25, 0.3) is 0 Å². The van der Waals surface area contributed by atoms with Crippen molar-refractivity contribution in [2.24, 2.45) is 0 Å². The summed E-state index contributed by atoms with van der Waals surface area (Å²) < 4.78 is 0. The van der Waals surface area contributed by atoms with Crippen molar-refractivity contribution in [1.82, 2.24) is 0 Å². The summed E-state index contributed by atoms with van der Waals surface area (Å²) in [4.78, 5) is 109. The number of benzene rings is 2. The maximum atomic E-state index is 14.0. The van der Waals surface area contributed by atoms with E-state index in [1.165, 1.54) is 24.3 Å². The van der Waals surface area contributed by atoms with E-state index in [0.717, 1.165) is 37.8 Å². The molecule has 0 saturated carbocycles. The van der Waals surface area contributed by atoms with Crippen molar-refractivity contribution >= 4 is 29.7 Å². The van der Waals surface area contributed by atoms with E-state index in [1.54, 1.807) is 55.4 Å². The van der Waals surface area contributed by atoms with Gasteiger partial charge in [-0.2, -0.15) is 19.6 Å². The molecule has 0 atom stereocenters. The Morgan fingerprint density at radius 3 is 0.889 bits per heavy atom. The van der Waals surface area contributed by atoms with Crippen LogP contribution in [0.1, 0.15) is 192 Å². The number of carbonyl (C=O) groups is 5. The summed E-state index contributed by atoms with van der Waals surface area (Å²) in [5.74, 6) is -4.80. The Morgan fingerprint density at radius 1 is 0.407 bits per heavy atom. The third kappa shape index (κ3) is 14.2. The highest BCUT2D eigenvalue weighted by Crippen LogP contribution is 2.26. The molecule has 0 aromatic heterocycles. The Morgan fingerprint density at radius 2 is 0.648 bits per heavy atom. The van der Waals surface area contributed by atoms with E-state index in [-0.39, 0.29) is 33.4 Å². The maximum absolute atomic E-state index is 14.0. The number of hydrogen-bond donors (Lipinski definition) is 0. The van der Waals surface area contributed by atoms with Crippen molar-refractivity contribution < 1.29 is 63.1 Å². The van der Waals surface area contributed by atoms with E-state index in [1.807, 2.05) is 27.7 Å². The van der Waals surface area contributed by atoms with Crippen LogP contribution in [0.3, 0.4) is 0 Å². The van der Waals surface area contributed by atoms with Gasteiger partial charge in [0.15, 0.2) is 5.78 Å². The van der Waals surface area contributed by atoms with Gasteiger partial charge in [-0.15, -0.1) is 0 Å². The third-order valence-electron chi connectivity index (χ3n) is 8.22. The molecule has 2 aromatic rings. The molecule has 0 bridgehead atoms. The van der Waals surface area contributed by atoms with Gasteiger partial charge in [-0.25, -0.2) is 19.2 Å². The van der Waals surface area contributed by atoms with Crippen molar-refractivity contribution in [3.8, 4) is 0 Å². The first-order valence-corrected chi connectivity index (χ1v) is 18.5. The van der Waals surface area contributed by atoms with Gasteiger partial charge in [0.25, 0.3) is 0 Å².